The molecule has 2 rings (SSSR count). The summed E-state index contributed by atoms with van der Waals surface area (Å²) in [6.45, 7) is 5.07. The second kappa shape index (κ2) is 4.14. The van der Waals surface area contributed by atoms with Crippen LogP contribution in [0.4, 0.5) is 5.69 Å². The lowest BCUT2D eigenvalue weighted by atomic mass is 9.94. The molecule has 1 atom stereocenters. The fraction of sp³-hybridized carbons (Fsp3) is 0.636. The van der Waals surface area contributed by atoms with Gasteiger partial charge in [0.2, 0.25) is 0 Å². The molecule has 15 heavy (non-hydrogen) atoms. The van der Waals surface area contributed by atoms with Gasteiger partial charge in [-0.25, -0.2) is 9.97 Å². The van der Waals surface area contributed by atoms with Gasteiger partial charge in [0.25, 0.3) is 0 Å². The van der Waals surface area contributed by atoms with Crippen LogP contribution in [-0.4, -0.2) is 28.2 Å². The molecular weight excluding hydrogens is 190 g/mol. The van der Waals surface area contributed by atoms with E-state index in [1.807, 2.05) is 0 Å². The SMILES string of the molecule is CC1(C)CC(Nc2cncnc2)CCO1. The molecule has 1 fully saturated rings. The molecule has 1 aliphatic heterocycles. The summed E-state index contributed by atoms with van der Waals surface area (Å²) in [5.41, 5.74) is 0.964. The topological polar surface area (TPSA) is 47.0 Å². The normalized spacial score (nSPS) is 24.8. The van der Waals surface area contributed by atoms with Crippen LogP contribution in [0.15, 0.2) is 18.7 Å². The number of nitrogens with zero attached hydrogens (tertiary/aromatic N) is 2. The Morgan fingerprint density at radius 2 is 2.13 bits per heavy atom. The van der Waals surface area contributed by atoms with Gasteiger partial charge in [-0.3, -0.25) is 0 Å². The van der Waals surface area contributed by atoms with Crippen molar-refractivity contribution >= 4 is 5.69 Å². The van der Waals surface area contributed by atoms with Crippen molar-refractivity contribution < 1.29 is 4.74 Å². The maximum absolute atomic E-state index is 5.66. The number of hydrogen-bond acceptors (Lipinski definition) is 4. The highest BCUT2D eigenvalue weighted by Crippen LogP contribution is 2.25. The van der Waals surface area contributed by atoms with E-state index >= 15 is 0 Å². The summed E-state index contributed by atoms with van der Waals surface area (Å²) in [5, 5.41) is 3.43. The summed E-state index contributed by atoms with van der Waals surface area (Å²) in [4.78, 5) is 7.96. The minimum absolute atomic E-state index is 0.0223. The van der Waals surface area contributed by atoms with E-state index in [0.717, 1.165) is 25.1 Å². The van der Waals surface area contributed by atoms with Crippen LogP contribution in [0.5, 0.6) is 0 Å². The van der Waals surface area contributed by atoms with Gasteiger partial charge in [0.15, 0.2) is 0 Å². The van der Waals surface area contributed by atoms with Crippen molar-refractivity contribution in [1.29, 1.82) is 0 Å². The molecule has 82 valence electrons. The first-order valence-corrected chi connectivity index (χ1v) is 5.31. The number of ether oxygens (including phenoxy) is 1. The lowest BCUT2D eigenvalue weighted by molar-refractivity contribution is -0.0553. The van der Waals surface area contributed by atoms with Gasteiger partial charge < -0.3 is 10.1 Å². The van der Waals surface area contributed by atoms with Crippen molar-refractivity contribution in [3.63, 3.8) is 0 Å². The lowest BCUT2D eigenvalue weighted by Gasteiger charge is -2.36. The molecule has 0 radical (unpaired) electrons. The average Bonchev–Trinajstić information content (AvgIpc) is 2.17. The molecule has 0 aromatic carbocycles. The molecule has 1 N–H and O–H groups in total. The summed E-state index contributed by atoms with van der Waals surface area (Å²) in [7, 11) is 0. The van der Waals surface area contributed by atoms with Crippen LogP contribution in [-0.2, 0) is 4.74 Å². The standard InChI is InChI=1S/C11H17N3O/c1-11(2)5-9(3-4-15-11)14-10-6-12-8-13-7-10/h6-9,14H,3-5H2,1-2H3. The van der Waals surface area contributed by atoms with Crippen molar-refractivity contribution in [3.8, 4) is 0 Å². The average molecular weight is 207 g/mol. The molecule has 0 bridgehead atoms. The van der Waals surface area contributed by atoms with E-state index in [4.69, 9.17) is 4.74 Å². The molecule has 0 amide bonds. The van der Waals surface area contributed by atoms with E-state index in [9.17, 15) is 0 Å². The van der Waals surface area contributed by atoms with Gasteiger partial charge in [-0.1, -0.05) is 0 Å². The molecule has 1 aromatic heterocycles. The molecule has 0 saturated carbocycles. The van der Waals surface area contributed by atoms with Gasteiger partial charge in [-0.05, 0) is 26.7 Å². The molecule has 4 nitrogen and oxygen atoms in total. The summed E-state index contributed by atoms with van der Waals surface area (Å²) < 4.78 is 5.66. The zero-order chi connectivity index (χ0) is 10.7. The van der Waals surface area contributed by atoms with Gasteiger partial charge in [0.1, 0.15) is 6.33 Å². The zero-order valence-electron chi connectivity index (χ0n) is 9.23. The minimum Gasteiger partial charge on any atom is -0.380 e. The summed E-state index contributed by atoms with van der Waals surface area (Å²) in [5.74, 6) is 0. The Labute approximate surface area is 90.1 Å². The molecule has 1 saturated heterocycles. The Morgan fingerprint density at radius 3 is 2.80 bits per heavy atom. The number of rotatable bonds is 2. The van der Waals surface area contributed by atoms with E-state index in [0.29, 0.717) is 6.04 Å². The smallest absolute Gasteiger partial charge is 0.115 e. The van der Waals surface area contributed by atoms with Crippen LogP contribution >= 0.6 is 0 Å². The van der Waals surface area contributed by atoms with Gasteiger partial charge in [-0.15, -0.1) is 0 Å². The highest BCUT2D eigenvalue weighted by atomic mass is 16.5. The molecule has 1 aromatic rings. The Hall–Kier alpha value is -1.16. The molecule has 4 heteroatoms. The second-order valence-electron chi connectivity index (χ2n) is 4.57. The third kappa shape index (κ3) is 2.89. The quantitative estimate of drug-likeness (QED) is 0.804. The second-order valence-corrected chi connectivity index (χ2v) is 4.57. The third-order valence-corrected chi connectivity index (χ3v) is 2.63. The number of aromatic nitrogens is 2. The van der Waals surface area contributed by atoms with Crippen LogP contribution in [0, 0.1) is 0 Å². The Morgan fingerprint density at radius 1 is 1.40 bits per heavy atom. The van der Waals surface area contributed by atoms with Crippen molar-refractivity contribution in [1.82, 2.24) is 9.97 Å². The number of nitrogens with one attached hydrogen (secondary N) is 1. The zero-order valence-corrected chi connectivity index (χ0v) is 9.23. The maximum Gasteiger partial charge on any atom is 0.115 e. The highest BCUT2D eigenvalue weighted by Gasteiger charge is 2.28. The van der Waals surface area contributed by atoms with Crippen LogP contribution < -0.4 is 5.32 Å². The first-order chi connectivity index (χ1) is 7.16. The first-order valence-electron chi connectivity index (χ1n) is 5.31. The van der Waals surface area contributed by atoms with Gasteiger partial charge in [0, 0.05) is 12.6 Å². The maximum atomic E-state index is 5.66. The van der Waals surface area contributed by atoms with Crippen LogP contribution in [0.25, 0.3) is 0 Å². The fourth-order valence-electron chi connectivity index (χ4n) is 1.96. The molecule has 1 aliphatic rings. The van der Waals surface area contributed by atoms with Gasteiger partial charge >= 0.3 is 0 Å². The molecule has 0 aliphatic carbocycles. The van der Waals surface area contributed by atoms with Crippen molar-refractivity contribution in [2.45, 2.75) is 38.3 Å². The predicted octanol–water partition coefficient (Wildman–Crippen LogP) is 1.85. The number of hydrogen-bond donors (Lipinski definition) is 1. The van der Waals surface area contributed by atoms with E-state index in [-0.39, 0.29) is 5.60 Å². The van der Waals surface area contributed by atoms with Gasteiger partial charge in [-0.2, -0.15) is 0 Å². The summed E-state index contributed by atoms with van der Waals surface area (Å²) in [6.07, 6.45) is 7.20. The highest BCUT2D eigenvalue weighted by molar-refractivity contribution is 5.38. The molecule has 2 heterocycles. The van der Waals surface area contributed by atoms with Crippen LogP contribution in [0.3, 0.4) is 0 Å². The van der Waals surface area contributed by atoms with Gasteiger partial charge in [0.05, 0.1) is 23.7 Å². The van der Waals surface area contributed by atoms with Crippen molar-refractivity contribution in [2.75, 3.05) is 11.9 Å². The van der Waals surface area contributed by atoms with E-state index in [1.165, 1.54) is 0 Å². The monoisotopic (exact) mass is 207 g/mol. The predicted molar refractivity (Wildman–Crippen MR) is 58.7 cm³/mol. The van der Waals surface area contributed by atoms with Crippen LogP contribution in [0.1, 0.15) is 26.7 Å². The van der Waals surface area contributed by atoms with E-state index in [1.54, 1.807) is 18.7 Å². The molecule has 0 spiro atoms. The summed E-state index contributed by atoms with van der Waals surface area (Å²) in [6, 6.07) is 0.458. The fourth-order valence-corrected chi connectivity index (χ4v) is 1.96. The van der Waals surface area contributed by atoms with Crippen molar-refractivity contribution in [3.05, 3.63) is 18.7 Å². The van der Waals surface area contributed by atoms with E-state index in [2.05, 4.69) is 29.1 Å². The largest absolute Gasteiger partial charge is 0.380 e. The Bertz CT molecular complexity index is 313. The minimum atomic E-state index is -0.0223. The Kier molecular flexibility index (Phi) is 2.86. The first kappa shape index (κ1) is 10.4. The van der Waals surface area contributed by atoms with E-state index < -0.39 is 0 Å². The third-order valence-electron chi connectivity index (χ3n) is 2.63. The molecular formula is C11H17N3O. The van der Waals surface area contributed by atoms with Crippen LogP contribution in [0.2, 0.25) is 0 Å². The van der Waals surface area contributed by atoms with Crippen molar-refractivity contribution in [2.24, 2.45) is 0 Å². The lowest BCUT2D eigenvalue weighted by Crippen LogP contribution is -2.40. The molecule has 1 unspecified atom stereocenters. The summed E-state index contributed by atoms with van der Waals surface area (Å²) >= 11 is 0. The number of anilines is 1. The Balaban J connectivity index is 1.95.